The molecule has 0 saturated heterocycles. The molecule has 2 aliphatic rings. The number of hydrogen-bond donors (Lipinski definition) is 0. The zero-order valence-corrected chi connectivity index (χ0v) is 11.8. The molecule has 0 spiro atoms. The zero-order chi connectivity index (χ0) is 13.2. The molecule has 3 nitrogen and oxygen atoms in total. The molecule has 100 valence electrons. The molecule has 4 heteroatoms. The van der Waals surface area contributed by atoms with Crippen molar-refractivity contribution in [1.82, 2.24) is 4.90 Å². The molecule has 0 radical (unpaired) electrons. The van der Waals surface area contributed by atoms with Gasteiger partial charge in [0.2, 0.25) is 5.91 Å². The van der Waals surface area contributed by atoms with Crippen LogP contribution in [0.25, 0.3) is 0 Å². The molecule has 0 aliphatic heterocycles. The van der Waals surface area contributed by atoms with Gasteiger partial charge in [0.1, 0.15) is 0 Å². The Bertz CT molecular complexity index is 512. The summed E-state index contributed by atoms with van der Waals surface area (Å²) < 4.78 is 0. The maximum Gasteiger partial charge on any atom is 0.230 e. The van der Waals surface area contributed by atoms with Gasteiger partial charge in [-0.25, -0.2) is 0 Å². The van der Waals surface area contributed by atoms with E-state index in [-0.39, 0.29) is 11.8 Å². The van der Waals surface area contributed by atoms with Crippen molar-refractivity contribution >= 4 is 17.2 Å². The van der Waals surface area contributed by atoms with E-state index in [0.717, 1.165) is 32.1 Å². The predicted molar refractivity (Wildman–Crippen MR) is 75.0 cm³/mol. The summed E-state index contributed by atoms with van der Waals surface area (Å²) in [6, 6.07) is 4.69. The maximum atomic E-state index is 12.8. The highest BCUT2D eigenvalue weighted by Crippen LogP contribution is 2.38. The first-order valence-electron chi connectivity index (χ1n) is 7.05. The Morgan fingerprint density at radius 1 is 1.47 bits per heavy atom. The van der Waals surface area contributed by atoms with E-state index < -0.39 is 0 Å². The van der Waals surface area contributed by atoms with Crippen molar-refractivity contribution in [3.8, 4) is 6.07 Å². The average molecular weight is 274 g/mol. The van der Waals surface area contributed by atoms with Crippen LogP contribution in [-0.4, -0.2) is 23.4 Å². The van der Waals surface area contributed by atoms with Gasteiger partial charge in [0.05, 0.1) is 18.4 Å². The summed E-state index contributed by atoms with van der Waals surface area (Å²) in [5, 5.41) is 10.9. The second-order valence-electron chi connectivity index (χ2n) is 5.41. The summed E-state index contributed by atoms with van der Waals surface area (Å²) in [6.45, 7) is 0.607. The van der Waals surface area contributed by atoms with Gasteiger partial charge in [-0.3, -0.25) is 4.79 Å². The molecule has 3 rings (SSSR count). The van der Waals surface area contributed by atoms with Gasteiger partial charge in [0.15, 0.2) is 0 Å². The van der Waals surface area contributed by atoms with Crippen LogP contribution < -0.4 is 0 Å². The third kappa shape index (κ3) is 2.52. The van der Waals surface area contributed by atoms with E-state index in [0.29, 0.717) is 19.0 Å². The highest BCUT2D eigenvalue weighted by Gasteiger charge is 2.37. The number of fused-ring (bicyclic) bond motifs is 1. The molecule has 1 fully saturated rings. The van der Waals surface area contributed by atoms with E-state index in [9.17, 15) is 4.79 Å². The van der Waals surface area contributed by atoms with E-state index >= 15 is 0 Å². The first-order chi connectivity index (χ1) is 9.31. The van der Waals surface area contributed by atoms with Crippen molar-refractivity contribution in [2.45, 2.75) is 50.5 Å². The topological polar surface area (TPSA) is 44.1 Å². The normalized spacial score (nSPS) is 21.5. The summed E-state index contributed by atoms with van der Waals surface area (Å²) in [6.07, 6.45) is 5.88. The molecule has 0 N–H and O–H groups in total. The monoisotopic (exact) mass is 274 g/mol. The number of nitriles is 1. The van der Waals surface area contributed by atoms with E-state index in [2.05, 4.69) is 17.5 Å². The Labute approximate surface area is 117 Å². The molecule has 0 bridgehead atoms. The Morgan fingerprint density at radius 3 is 3.05 bits per heavy atom. The number of carbonyl (C=O) groups excluding carboxylic acids is 1. The van der Waals surface area contributed by atoms with Gasteiger partial charge < -0.3 is 4.90 Å². The lowest BCUT2D eigenvalue weighted by Crippen LogP contribution is -2.38. The Hall–Kier alpha value is -1.34. The van der Waals surface area contributed by atoms with Crippen LogP contribution >= 0.6 is 11.3 Å². The molecule has 19 heavy (non-hydrogen) atoms. The summed E-state index contributed by atoms with van der Waals surface area (Å²) in [5.74, 6) is 0.311. The van der Waals surface area contributed by atoms with E-state index in [1.54, 1.807) is 11.3 Å². The van der Waals surface area contributed by atoms with Gasteiger partial charge >= 0.3 is 0 Å². The smallest absolute Gasteiger partial charge is 0.230 e. The maximum absolute atomic E-state index is 12.8. The summed E-state index contributed by atoms with van der Waals surface area (Å²) in [5.41, 5.74) is 1.25. The quantitative estimate of drug-likeness (QED) is 0.847. The van der Waals surface area contributed by atoms with Crippen LogP contribution in [0.5, 0.6) is 0 Å². The van der Waals surface area contributed by atoms with Gasteiger partial charge in [-0.15, -0.1) is 11.3 Å². The van der Waals surface area contributed by atoms with Gasteiger partial charge in [-0.2, -0.15) is 5.26 Å². The summed E-state index contributed by atoms with van der Waals surface area (Å²) >= 11 is 1.78. The zero-order valence-electron chi connectivity index (χ0n) is 11.0. The SMILES string of the molecule is N#CCCN(C(=O)C1CCCc2sccc21)C1CC1. The van der Waals surface area contributed by atoms with Crippen molar-refractivity contribution < 1.29 is 4.79 Å². The lowest BCUT2D eigenvalue weighted by molar-refractivity contribution is -0.133. The first kappa shape index (κ1) is 12.7. The molecule has 2 aliphatic carbocycles. The van der Waals surface area contributed by atoms with Crippen LogP contribution in [0, 0.1) is 11.3 Å². The van der Waals surface area contributed by atoms with Crippen molar-refractivity contribution in [2.24, 2.45) is 0 Å². The Kier molecular flexibility index (Phi) is 3.56. The molecule has 1 aromatic heterocycles. The van der Waals surface area contributed by atoms with Gasteiger partial charge in [0.25, 0.3) is 0 Å². The standard InChI is InChI=1S/C15H18N2OS/c16-8-2-9-17(11-5-6-11)15(18)13-3-1-4-14-12(13)7-10-19-14/h7,10-11,13H,1-6,9H2. The fourth-order valence-corrected chi connectivity index (χ4v) is 3.96. The fourth-order valence-electron chi connectivity index (χ4n) is 2.97. The van der Waals surface area contributed by atoms with E-state index in [4.69, 9.17) is 5.26 Å². The highest BCUT2D eigenvalue weighted by molar-refractivity contribution is 7.10. The number of carbonyl (C=O) groups is 1. The minimum absolute atomic E-state index is 0.0503. The molecule has 1 amide bonds. The van der Waals surface area contributed by atoms with Gasteiger partial charge in [0, 0.05) is 17.5 Å². The molecule has 1 saturated carbocycles. The lowest BCUT2D eigenvalue weighted by Gasteiger charge is -2.29. The molecular weight excluding hydrogens is 256 g/mol. The number of thiophene rings is 1. The van der Waals surface area contributed by atoms with Crippen molar-refractivity contribution in [3.05, 3.63) is 21.9 Å². The molecule has 1 heterocycles. The minimum Gasteiger partial charge on any atom is -0.338 e. The lowest BCUT2D eigenvalue weighted by atomic mass is 9.86. The largest absolute Gasteiger partial charge is 0.338 e. The number of amides is 1. The average Bonchev–Trinajstić information content (AvgIpc) is 3.15. The summed E-state index contributed by atoms with van der Waals surface area (Å²) in [4.78, 5) is 16.1. The number of rotatable bonds is 4. The van der Waals surface area contributed by atoms with Crippen LogP contribution in [0.15, 0.2) is 11.4 Å². The third-order valence-electron chi connectivity index (χ3n) is 4.09. The summed E-state index contributed by atoms with van der Waals surface area (Å²) in [7, 11) is 0. The number of nitrogens with zero attached hydrogens (tertiary/aromatic N) is 2. The molecule has 1 atom stereocenters. The van der Waals surface area contributed by atoms with Crippen LogP contribution in [0.4, 0.5) is 0 Å². The van der Waals surface area contributed by atoms with Crippen LogP contribution in [0.2, 0.25) is 0 Å². The molecular formula is C15H18N2OS. The van der Waals surface area contributed by atoms with Crippen LogP contribution in [-0.2, 0) is 11.2 Å². The molecule has 0 aromatic carbocycles. The van der Waals surface area contributed by atoms with Crippen molar-refractivity contribution in [1.29, 1.82) is 5.26 Å². The second kappa shape index (κ2) is 5.34. The van der Waals surface area contributed by atoms with E-state index in [1.807, 2.05) is 4.90 Å². The van der Waals surface area contributed by atoms with Gasteiger partial charge in [-0.05, 0) is 49.1 Å². The van der Waals surface area contributed by atoms with E-state index in [1.165, 1.54) is 10.4 Å². The predicted octanol–water partition coefficient (Wildman–Crippen LogP) is 3.07. The van der Waals surface area contributed by atoms with Crippen LogP contribution in [0.3, 0.4) is 0 Å². The Balaban J connectivity index is 1.78. The third-order valence-corrected chi connectivity index (χ3v) is 5.08. The second-order valence-corrected chi connectivity index (χ2v) is 6.42. The van der Waals surface area contributed by atoms with Crippen molar-refractivity contribution in [2.75, 3.05) is 6.54 Å². The van der Waals surface area contributed by atoms with Crippen molar-refractivity contribution in [3.63, 3.8) is 0 Å². The van der Waals surface area contributed by atoms with Crippen LogP contribution in [0.1, 0.15) is 48.5 Å². The van der Waals surface area contributed by atoms with Gasteiger partial charge in [-0.1, -0.05) is 0 Å². The Morgan fingerprint density at radius 2 is 2.32 bits per heavy atom. The first-order valence-corrected chi connectivity index (χ1v) is 7.93. The number of aryl methyl sites for hydroxylation is 1. The molecule has 1 unspecified atom stereocenters. The molecule has 1 aromatic rings. The number of hydrogen-bond acceptors (Lipinski definition) is 3. The highest BCUT2D eigenvalue weighted by atomic mass is 32.1. The minimum atomic E-state index is 0.0503. The fraction of sp³-hybridized carbons (Fsp3) is 0.600.